The summed E-state index contributed by atoms with van der Waals surface area (Å²) in [6.45, 7) is 4.01. The highest BCUT2D eigenvalue weighted by Gasteiger charge is 2.02. The first-order valence-electron chi connectivity index (χ1n) is 4.66. The number of aromatic nitrogens is 1. The third-order valence-electron chi connectivity index (χ3n) is 2.61. The standard InChI is InChI=1S/C12H13NO/c1-8-4-5-10-9(2)7-12(14)13(3)11(10)6-8/h4-7H,1-3H3. The Hall–Kier alpha value is -1.57. The van der Waals surface area contributed by atoms with Crippen LogP contribution in [0, 0.1) is 13.8 Å². The van der Waals surface area contributed by atoms with E-state index in [2.05, 4.69) is 12.1 Å². The van der Waals surface area contributed by atoms with Gasteiger partial charge in [-0.15, -0.1) is 0 Å². The van der Waals surface area contributed by atoms with Gasteiger partial charge in [0.15, 0.2) is 0 Å². The van der Waals surface area contributed by atoms with Gasteiger partial charge >= 0.3 is 0 Å². The molecule has 0 unspecified atom stereocenters. The maximum Gasteiger partial charge on any atom is 0.251 e. The van der Waals surface area contributed by atoms with Crippen molar-refractivity contribution >= 4 is 10.9 Å². The molecule has 1 aromatic carbocycles. The van der Waals surface area contributed by atoms with Gasteiger partial charge in [0.2, 0.25) is 0 Å². The monoisotopic (exact) mass is 187 g/mol. The highest BCUT2D eigenvalue weighted by atomic mass is 16.1. The molecule has 2 nitrogen and oxygen atoms in total. The van der Waals surface area contributed by atoms with E-state index in [-0.39, 0.29) is 5.56 Å². The second-order valence-corrected chi connectivity index (χ2v) is 3.75. The predicted octanol–water partition coefficient (Wildman–Crippen LogP) is 2.16. The van der Waals surface area contributed by atoms with Crippen molar-refractivity contribution in [2.75, 3.05) is 0 Å². The van der Waals surface area contributed by atoms with Gasteiger partial charge < -0.3 is 4.57 Å². The third-order valence-corrected chi connectivity index (χ3v) is 2.61. The number of fused-ring (bicyclic) bond motifs is 1. The van der Waals surface area contributed by atoms with E-state index in [1.54, 1.807) is 10.6 Å². The largest absolute Gasteiger partial charge is 0.311 e. The van der Waals surface area contributed by atoms with Crippen molar-refractivity contribution in [1.29, 1.82) is 0 Å². The minimum absolute atomic E-state index is 0.0561. The first kappa shape index (κ1) is 9.00. The topological polar surface area (TPSA) is 22.0 Å². The Morgan fingerprint density at radius 1 is 1.14 bits per heavy atom. The zero-order chi connectivity index (χ0) is 10.3. The molecule has 2 rings (SSSR count). The average Bonchev–Trinajstić information content (AvgIpc) is 2.14. The quantitative estimate of drug-likeness (QED) is 0.619. The van der Waals surface area contributed by atoms with Gasteiger partial charge in [-0.05, 0) is 31.0 Å². The van der Waals surface area contributed by atoms with E-state index in [4.69, 9.17) is 0 Å². The summed E-state index contributed by atoms with van der Waals surface area (Å²) in [5, 5.41) is 1.15. The average molecular weight is 187 g/mol. The molecule has 0 radical (unpaired) electrons. The number of hydrogen-bond acceptors (Lipinski definition) is 1. The van der Waals surface area contributed by atoms with Gasteiger partial charge in [-0.2, -0.15) is 0 Å². The van der Waals surface area contributed by atoms with Gasteiger partial charge in [0, 0.05) is 18.5 Å². The Morgan fingerprint density at radius 2 is 1.86 bits per heavy atom. The molecular formula is C12H13NO. The highest BCUT2D eigenvalue weighted by molar-refractivity contribution is 5.82. The van der Waals surface area contributed by atoms with Gasteiger partial charge in [-0.1, -0.05) is 12.1 Å². The number of benzene rings is 1. The Labute approximate surface area is 82.8 Å². The minimum Gasteiger partial charge on any atom is -0.311 e. The van der Waals surface area contributed by atoms with E-state index in [1.807, 2.05) is 27.0 Å². The van der Waals surface area contributed by atoms with E-state index in [0.29, 0.717) is 0 Å². The molecule has 0 amide bonds. The molecule has 0 saturated heterocycles. The summed E-state index contributed by atoms with van der Waals surface area (Å²) < 4.78 is 1.69. The summed E-state index contributed by atoms with van der Waals surface area (Å²) in [5.74, 6) is 0. The van der Waals surface area contributed by atoms with Crippen molar-refractivity contribution in [3.63, 3.8) is 0 Å². The van der Waals surface area contributed by atoms with Crippen LogP contribution in [0.15, 0.2) is 29.1 Å². The molecule has 72 valence electrons. The molecule has 2 heteroatoms. The highest BCUT2D eigenvalue weighted by Crippen LogP contribution is 2.16. The fourth-order valence-corrected chi connectivity index (χ4v) is 1.73. The lowest BCUT2D eigenvalue weighted by atomic mass is 10.1. The van der Waals surface area contributed by atoms with Crippen molar-refractivity contribution in [3.05, 3.63) is 45.7 Å². The van der Waals surface area contributed by atoms with Crippen LogP contribution in [0.1, 0.15) is 11.1 Å². The number of pyridine rings is 1. The minimum atomic E-state index is 0.0561. The third kappa shape index (κ3) is 1.23. The fraction of sp³-hybridized carbons (Fsp3) is 0.250. The number of nitrogens with zero attached hydrogens (tertiary/aromatic N) is 1. The van der Waals surface area contributed by atoms with Gasteiger partial charge in [0.1, 0.15) is 0 Å². The van der Waals surface area contributed by atoms with Crippen LogP contribution >= 0.6 is 0 Å². The lowest BCUT2D eigenvalue weighted by Gasteiger charge is -2.07. The van der Waals surface area contributed by atoms with Gasteiger partial charge in [0.05, 0.1) is 5.52 Å². The van der Waals surface area contributed by atoms with Crippen LogP contribution in [0.3, 0.4) is 0 Å². The van der Waals surface area contributed by atoms with E-state index in [0.717, 1.165) is 16.5 Å². The van der Waals surface area contributed by atoms with Gasteiger partial charge in [-0.25, -0.2) is 0 Å². The first-order chi connectivity index (χ1) is 6.59. The van der Waals surface area contributed by atoms with Gasteiger partial charge in [-0.3, -0.25) is 4.79 Å². The van der Waals surface area contributed by atoms with Crippen molar-refractivity contribution in [2.24, 2.45) is 7.05 Å². The van der Waals surface area contributed by atoms with Crippen molar-refractivity contribution < 1.29 is 0 Å². The molecule has 0 aliphatic heterocycles. The molecule has 0 aliphatic rings. The Kier molecular flexibility index (Phi) is 1.92. The summed E-state index contributed by atoms with van der Waals surface area (Å²) in [6, 6.07) is 7.86. The maximum absolute atomic E-state index is 11.5. The van der Waals surface area contributed by atoms with Gasteiger partial charge in [0.25, 0.3) is 5.56 Å². The van der Waals surface area contributed by atoms with Crippen LogP contribution in [0.2, 0.25) is 0 Å². The second kappa shape index (κ2) is 2.98. The molecule has 0 aliphatic carbocycles. The van der Waals surface area contributed by atoms with Crippen molar-refractivity contribution in [2.45, 2.75) is 13.8 Å². The molecular weight excluding hydrogens is 174 g/mol. The summed E-state index contributed by atoms with van der Waals surface area (Å²) in [5.41, 5.74) is 3.29. The van der Waals surface area contributed by atoms with E-state index in [9.17, 15) is 4.79 Å². The fourth-order valence-electron chi connectivity index (χ4n) is 1.73. The smallest absolute Gasteiger partial charge is 0.251 e. The molecule has 0 fully saturated rings. The lowest BCUT2D eigenvalue weighted by Crippen LogP contribution is -2.16. The number of rotatable bonds is 0. The van der Waals surface area contributed by atoms with E-state index < -0.39 is 0 Å². The van der Waals surface area contributed by atoms with Crippen LogP contribution in [-0.4, -0.2) is 4.57 Å². The molecule has 2 aromatic rings. The van der Waals surface area contributed by atoms with Crippen LogP contribution in [0.5, 0.6) is 0 Å². The van der Waals surface area contributed by atoms with E-state index >= 15 is 0 Å². The summed E-state index contributed by atoms with van der Waals surface area (Å²) in [6.07, 6.45) is 0. The lowest BCUT2D eigenvalue weighted by molar-refractivity contribution is 0.902. The zero-order valence-corrected chi connectivity index (χ0v) is 8.66. The van der Waals surface area contributed by atoms with Crippen LogP contribution in [-0.2, 0) is 7.05 Å². The summed E-state index contributed by atoms with van der Waals surface area (Å²) >= 11 is 0. The molecule has 0 N–H and O–H groups in total. The molecule has 1 aromatic heterocycles. The Balaban J connectivity index is 3.03. The predicted molar refractivity (Wildman–Crippen MR) is 58.7 cm³/mol. The zero-order valence-electron chi connectivity index (χ0n) is 8.66. The normalized spacial score (nSPS) is 10.8. The molecule has 1 heterocycles. The Morgan fingerprint density at radius 3 is 2.57 bits per heavy atom. The summed E-state index contributed by atoms with van der Waals surface area (Å²) in [4.78, 5) is 11.5. The van der Waals surface area contributed by atoms with Crippen LogP contribution in [0.25, 0.3) is 10.9 Å². The SMILES string of the molecule is Cc1ccc2c(C)cc(=O)n(C)c2c1. The second-order valence-electron chi connectivity index (χ2n) is 3.75. The first-order valence-corrected chi connectivity index (χ1v) is 4.66. The van der Waals surface area contributed by atoms with Crippen molar-refractivity contribution in [3.8, 4) is 0 Å². The summed E-state index contributed by atoms with van der Waals surface area (Å²) in [7, 11) is 1.81. The molecule has 0 saturated carbocycles. The van der Waals surface area contributed by atoms with E-state index in [1.165, 1.54) is 5.56 Å². The van der Waals surface area contributed by atoms with Crippen LogP contribution in [0.4, 0.5) is 0 Å². The number of hydrogen-bond donors (Lipinski definition) is 0. The van der Waals surface area contributed by atoms with Crippen LogP contribution < -0.4 is 5.56 Å². The molecule has 0 spiro atoms. The molecule has 0 atom stereocenters. The molecule has 0 bridgehead atoms. The number of aryl methyl sites for hydroxylation is 3. The van der Waals surface area contributed by atoms with Crippen molar-refractivity contribution in [1.82, 2.24) is 4.57 Å². The Bertz CT molecular complexity index is 552. The molecule has 14 heavy (non-hydrogen) atoms. The maximum atomic E-state index is 11.5.